The lowest BCUT2D eigenvalue weighted by atomic mass is 10.0. The average Bonchev–Trinajstić information content (AvgIpc) is 3.44. The van der Waals surface area contributed by atoms with E-state index in [1.807, 2.05) is 17.9 Å². The van der Waals surface area contributed by atoms with E-state index in [2.05, 4.69) is 27.6 Å². The number of aryl methyl sites for hydroxylation is 1. The second-order valence-electron chi connectivity index (χ2n) is 8.07. The Balaban J connectivity index is 1.27. The summed E-state index contributed by atoms with van der Waals surface area (Å²) in [6.07, 6.45) is 4.45. The number of carbonyl (C=O) groups excluding carboxylic acids is 2. The van der Waals surface area contributed by atoms with E-state index in [0.717, 1.165) is 50.0 Å². The van der Waals surface area contributed by atoms with Crippen molar-refractivity contribution in [2.45, 2.75) is 70.4 Å². The number of nitrogens with zero attached hydrogens (tertiary/aromatic N) is 3. The summed E-state index contributed by atoms with van der Waals surface area (Å²) in [6.45, 7) is 4.66. The van der Waals surface area contributed by atoms with Gasteiger partial charge in [0.25, 0.3) is 0 Å². The smallest absolute Gasteiger partial charge is 0.410 e. The van der Waals surface area contributed by atoms with Crippen LogP contribution in [0.3, 0.4) is 0 Å². The number of carbonyl (C=O) groups is 2. The van der Waals surface area contributed by atoms with Crippen molar-refractivity contribution in [3.05, 3.63) is 29.3 Å². The Kier molecular flexibility index (Phi) is 5.55. The molecule has 0 radical (unpaired) electrons. The average molecular weight is 401 g/mol. The van der Waals surface area contributed by atoms with Crippen LogP contribution in [-0.4, -0.2) is 50.9 Å². The molecule has 2 aliphatic rings. The van der Waals surface area contributed by atoms with Gasteiger partial charge in [-0.05, 0) is 46.0 Å². The van der Waals surface area contributed by atoms with Crippen molar-refractivity contribution < 1.29 is 18.8 Å². The third kappa shape index (κ3) is 4.60. The topological polar surface area (TPSA) is 113 Å². The fourth-order valence-corrected chi connectivity index (χ4v) is 4.20. The normalized spacial score (nSPS) is 24.1. The Labute approximate surface area is 169 Å². The van der Waals surface area contributed by atoms with Crippen LogP contribution in [0.25, 0.3) is 0 Å². The first-order chi connectivity index (χ1) is 14.0. The largest absolute Gasteiger partial charge is 0.446 e. The van der Waals surface area contributed by atoms with Crippen LogP contribution in [0.15, 0.2) is 16.7 Å². The van der Waals surface area contributed by atoms with Crippen molar-refractivity contribution >= 4 is 17.8 Å². The third-order valence-corrected chi connectivity index (χ3v) is 5.76. The summed E-state index contributed by atoms with van der Waals surface area (Å²) in [4.78, 5) is 26.3. The minimum Gasteiger partial charge on any atom is -0.446 e. The van der Waals surface area contributed by atoms with E-state index >= 15 is 0 Å². The van der Waals surface area contributed by atoms with Gasteiger partial charge in [0.1, 0.15) is 11.9 Å². The van der Waals surface area contributed by atoms with E-state index < -0.39 is 0 Å². The summed E-state index contributed by atoms with van der Waals surface area (Å²) in [5.74, 6) is 1.02. The van der Waals surface area contributed by atoms with Crippen LogP contribution in [0.4, 0.5) is 10.6 Å². The zero-order chi connectivity index (χ0) is 20.4. The highest BCUT2D eigenvalue weighted by Crippen LogP contribution is 2.36. The third-order valence-electron chi connectivity index (χ3n) is 5.76. The molecule has 1 aliphatic heterocycles. The van der Waals surface area contributed by atoms with Gasteiger partial charge in [0.2, 0.25) is 5.91 Å². The molecule has 29 heavy (non-hydrogen) atoms. The first kappa shape index (κ1) is 19.5. The Bertz CT molecular complexity index is 876. The van der Waals surface area contributed by atoms with Gasteiger partial charge in [-0.25, -0.2) is 4.79 Å². The van der Waals surface area contributed by atoms with Crippen LogP contribution < -0.4 is 5.32 Å². The maximum absolute atomic E-state index is 12.4. The highest BCUT2D eigenvalue weighted by atomic mass is 16.6. The highest BCUT2D eigenvalue weighted by molar-refractivity contribution is 5.91. The summed E-state index contributed by atoms with van der Waals surface area (Å²) in [6, 6.07) is 3.85. The number of hydrogen-bond donors (Lipinski definition) is 2. The Morgan fingerprint density at radius 3 is 2.93 bits per heavy atom. The molecule has 0 spiro atoms. The van der Waals surface area contributed by atoms with E-state index in [0.29, 0.717) is 11.6 Å². The van der Waals surface area contributed by atoms with E-state index in [1.54, 1.807) is 6.07 Å². The van der Waals surface area contributed by atoms with Gasteiger partial charge in [0, 0.05) is 36.3 Å². The van der Waals surface area contributed by atoms with Crippen molar-refractivity contribution in [3.63, 3.8) is 0 Å². The second kappa shape index (κ2) is 8.26. The first-order valence-corrected chi connectivity index (χ1v) is 10.2. The molecule has 1 saturated heterocycles. The maximum atomic E-state index is 12.4. The lowest BCUT2D eigenvalue weighted by Crippen LogP contribution is -2.36. The predicted octanol–water partition coefficient (Wildman–Crippen LogP) is 3.14. The standard InChI is InChI=1S/C20H27N5O4/c1-12-8-16(29-24-12)10-19(26)21-18-11-17(22-23-18)14-5-6-15(9-14)28-20(27)25-7-3-4-13(25)2/h8,11,13-15H,3-7,9-10H2,1-2H3,(H2,21,22,23,26)/t13-,14-,15+/m0/s1. The molecule has 1 aliphatic carbocycles. The number of H-pyrrole nitrogens is 1. The number of likely N-dealkylation sites (tertiary alicyclic amines) is 1. The molecule has 9 nitrogen and oxygen atoms in total. The molecule has 2 aromatic rings. The zero-order valence-electron chi connectivity index (χ0n) is 16.8. The number of aromatic nitrogens is 3. The Morgan fingerprint density at radius 2 is 2.21 bits per heavy atom. The van der Waals surface area contributed by atoms with E-state index in [-0.39, 0.29) is 36.5 Å². The number of rotatable bonds is 5. The van der Waals surface area contributed by atoms with Crippen LogP contribution in [-0.2, 0) is 16.0 Å². The van der Waals surface area contributed by atoms with Crippen molar-refractivity contribution in [1.29, 1.82) is 0 Å². The molecule has 9 heteroatoms. The summed E-state index contributed by atoms with van der Waals surface area (Å²) in [7, 11) is 0. The summed E-state index contributed by atoms with van der Waals surface area (Å²) >= 11 is 0. The fraction of sp³-hybridized carbons (Fsp3) is 0.600. The van der Waals surface area contributed by atoms with Crippen LogP contribution in [0.5, 0.6) is 0 Å². The van der Waals surface area contributed by atoms with Crippen molar-refractivity contribution in [1.82, 2.24) is 20.3 Å². The van der Waals surface area contributed by atoms with Crippen molar-refractivity contribution in [2.75, 3.05) is 11.9 Å². The fourth-order valence-electron chi connectivity index (χ4n) is 4.20. The van der Waals surface area contributed by atoms with Crippen LogP contribution >= 0.6 is 0 Å². The Hall–Kier alpha value is -2.84. The molecule has 1 saturated carbocycles. The number of aromatic amines is 1. The lowest BCUT2D eigenvalue weighted by molar-refractivity contribution is -0.115. The predicted molar refractivity (Wildman–Crippen MR) is 104 cm³/mol. The molecule has 3 heterocycles. The van der Waals surface area contributed by atoms with Gasteiger partial charge in [0.05, 0.1) is 12.1 Å². The number of hydrogen-bond acceptors (Lipinski definition) is 6. The van der Waals surface area contributed by atoms with Crippen LogP contribution in [0, 0.1) is 6.92 Å². The molecule has 2 N–H and O–H groups in total. The number of amides is 2. The summed E-state index contributed by atoms with van der Waals surface area (Å²) < 4.78 is 10.8. The van der Waals surface area contributed by atoms with E-state index in [4.69, 9.17) is 9.26 Å². The molecule has 2 fully saturated rings. The number of nitrogens with one attached hydrogen (secondary N) is 2. The van der Waals surface area contributed by atoms with Gasteiger partial charge in [-0.2, -0.15) is 5.10 Å². The van der Waals surface area contributed by atoms with Crippen molar-refractivity contribution in [3.8, 4) is 0 Å². The minimum atomic E-state index is -0.211. The van der Waals surface area contributed by atoms with Gasteiger partial charge in [-0.1, -0.05) is 5.16 Å². The van der Waals surface area contributed by atoms with E-state index in [1.165, 1.54) is 0 Å². The summed E-state index contributed by atoms with van der Waals surface area (Å²) in [5, 5.41) is 13.7. The SMILES string of the molecule is Cc1cc(CC(=O)Nc2cc([C@H]3CC[C@@H](OC(=O)N4CCC[C@@H]4C)C3)[nH]n2)on1. The molecule has 4 rings (SSSR count). The molecule has 156 valence electrons. The molecule has 2 aromatic heterocycles. The molecule has 2 amide bonds. The highest BCUT2D eigenvalue weighted by Gasteiger charge is 2.33. The molecule has 0 aromatic carbocycles. The maximum Gasteiger partial charge on any atom is 0.410 e. The lowest BCUT2D eigenvalue weighted by Gasteiger charge is -2.23. The molecule has 3 atom stereocenters. The van der Waals surface area contributed by atoms with Gasteiger partial charge in [-0.15, -0.1) is 0 Å². The first-order valence-electron chi connectivity index (χ1n) is 10.2. The quantitative estimate of drug-likeness (QED) is 0.796. The van der Waals surface area contributed by atoms with Gasteiger partial charge < -0.3 is 19.5 Å². The molecular formula is C20H27N5O4. The molecule has 0 bridgehead atoms. The van der Waals surface area contributed by atoms with Crippen molar-refractivity contribution in [2.24, 2.45) is 0 Å². The molecular weight excluding hydrogens is 374 g/mol. The second-order valence-corrected chi connectivity index (χ2v) is 8.07. The van der Waals surface area contributed by atoms with E-state index in [9.17, 15) is 9.59 Å². The minimum absolute atomic E-state index is 0.0728. The number of ether oxygens (including phenoxy) is 1. The van der Waals surface area contributed by atoms with Gasteiger partial charge in [-0.3, -0.25) is 9.89 Å². The monoisotopic (exact) mass is 401 g/mol. The number of anilines is 1. The molecule has 0 unspecified atom stereocenters. The van der Waals surface area contributed by atoms with Gasteiger partial charge in [0.15, 0.2) is 5.82 Å². The Morgan fingerprint density at radius 1 is 1.34 bits per heavy atom. The zero-order valence-corrected chi connectivity index (χ0v) is 16.8. The van der Waals surface area contributed by atoms with Crippen LogP contribution in [0.2, 0.25) is 0 Å². The van der Waals surface area contributed by atoms with Crippen LogP contribution in [0.1, 0.15) is 62.1 Å². The van der Waals surface area contributed by atoms with Gasteiger partial charge >= 0.3 is 6.09 Å². The summed E-state index contributed by atoms with van der Waals surface area (Å²) in [5.41, 5.74) is 1.69.